The van der Waals surface area contributed by atoms with Gasteiger partial charge in [0.15, 0.2) is 0 Å². The maximum Gasteiger partial charge on any atom is 0.471 e. The average molecular weight is 267 g/mol. The first kappa shape index (κ1) is 13.4. The van der Waals surface area contributed by atoms with Crippen LogP contribution in [-0.2, 0) is 11.3 Å². The maximum absolute atomic E-state index is 12.0. The molecule has 0 aliphatic rings. The van der Waals surface area contributed by atoms with Crippen LogP contribution in [0.5, 0.6) is 0 Å². The molecule has 0 saturated carbocycles. The monoisotopic (exact) mass is 267 g/mol. The Morgan fingerprint density at radius 1 is 1.11 bits per heavy atom. The Bertz CT molecular complexity index is 620. The van der Waals surface area contributed by atoms with Gasteiger partial charge in [-0.25, -0.2) is 0 Å². The topological polar surface area (TPSA) is 29.1 Å². The number of fused-ring (bicyclic) bond motifs is 1. The molecule has 2 aromatic carbocycles. The van der Waals surface area contributed by atoms with Gasteiger partial charge >= 0.3 is 12.1 Å². The Morgan fingerprint density at radius 3 is 2.42 bits per heavy atom. The molecule has 5 heteroatoms. The largest absolute Gasteiger partial charge is 0.471 e. The zero-order valence-electron chi connectivity index (χ0n) is 10.2. The molecule has 1 N–H and O–H groups in total. The van der Waals surface area contributed by atoms with E-state index in [9.17, 15) is 18.0 Å². The molecule has 2 rings (SSSR count). The van der Waals surface area contributed by atoms with Crippen molar-refractivity contribution in [3.8, 4) is 0 Å². The van der Waals surface area contributed by atoms with Gasteiger partial charge in [-0.05, 0) is 29.3 Å². The molecule has 0 aliphatic heterocycles. The van der Waals surface area contributed by atoms with Crippen LogP contribution in [0.25, 0.3) is 10.8 Å². The number of carbonyl (C=O) groups is 1. The Labute approximate surface area is 108 Å². The van der Waals surface area contributed by atoms with E-state index in [1.54, 1.807) is 12.1 Å². The normalized spacial score (nSPS) is 11.6. The summed E-state index contributed by atoms with van der Waals surface area (Å²) in [6, 6.07) is 11.1. The van der Waals surface area contributed by atoms with Gasteiger partial charge in [0.2, 0.25) is 0 Å². The predicted molar refractivity (Wildman–Crippen MR) is 66.6 cm³/mol. The van der Waals surface area contributed by atoms with E-state index in [-0.39, 0.29) is 6.54 Å². The van der Waals surface area contributed by atoms with E-state index in [4.69, 9.17) is 0 Å². The van der Waals surface area contributed by atoms with Crippen LogP contribution >= 0.6 is 0 Å². The fourth-order valence-electron chi connectivity index (χ4n) is 1.81. The molecule has 0 bridgehead atoms. The highest BCUT2D eigenvalue weighted by molar-refractivity contribution is 5.84. The number of carbonyl (C=O) groups excluding carboxylic acids is 1. The van der Waals surface area contributed by atoms with Gasteiger partial charge in [0.1, 0.15) is 0 Å². The van der Waals surface area contributed by atoms with E-state index < -0.39 is 12.1 Å². The number of aryl methyl sites for hydroxylation is 1. The van der Waals surface area contributed by atoms with Crippen molar-refractivity contribution in [2.75, 3.05) is 0 Å². The summed E-state index contributed by atoms with van der Waals surface area (Å²) in [5.74, 6) is -1.92. The summed E-state index contributed by atoms with van der Waals surface area (Å²) in [7, 11) is 0. The predicted octanol–water partition coefficient (Wildman–Crippen LogP) is 3.33. The molecule has 0 radical (unpaired) electrons. The van der Waals surface area contributed by atoms with Crippen LogP contribution < -0.4 is 5.32 Å². The Hall–Kier alpha value is -2.04. The number of alkyl halides is 3. The molecule has 0 spiro atoms. The highest BCUT2D eigenvalue weighted by atomic mass is 19.4. The molecule has 0 heterocycles. The van der Waals surface area contributed by atoms with E-state index >= 15 is 0 Å². The lowest BCUT2D eigenvalue weighted by Crippen LogP contribution is -2.36. The number of rotatable bonds is 2. The summed E-state index contributed by atoms with van der Waals surface area (Å²) in [4.78, 5) is 10.7. The van der Waals surface area contributed by atoms with Gasteiger partial charge in [0.05, 0.1) is 0 Å². The van der Waals surface area contributed by atoms with Crippen molar-refractivity contribution < 1.29 is 18.0 Å². The Balaban J connectivity index is 2.14. The van der Waals surface area contributed by atoms with Gasteiger partial charge in [-0.1, -0.05) is 35.9 Å². The second kappa shape index (κ2) is 4.91. The first-order valence-electron chi connectivity index (χ1n) is 5.70. The minimum absolute atomic E-state index is 0.137. The van der Waals surface area contributed by atoms with Crippen LogP contribution in [0.1, 0.15) is 11.1 Å². The number of benzene rings is 2. The van der Waals surface area contributed by atoms with E-state index in [0.29, 0.717) is 5.56 Å². The van der Waals surface area contributed by atoms with Crippen LogP contribution in [0.4, 0.5) is 13.2 Å². The third-order valence-corrected chi connectivity index (χ3v) is 2.77. The smallest absolute Gasteiger partial charge is 0.344 e. The van der Waals surface area contributed by atoms with Crippen molar-refractivity contribution in [2.45, 2.75) is 19.6 Å². The molecule has 19 heavy (non-hydrogen) atoms. The first-order chi connectivity index (χ1) is 8.86. The maximum atomic E-state index is 12.0. The van der Waals surface area contributed by atoms with Crippen molar-refractivity contribution >= 4 is 16.7 Å². The van der Waals surface area contributed by atoms with Crippen LogP contribution in [-0.4, -0.2) is 12.1 Å². The Morgan fingerprint density at radius 2 is 1.74 bits per heavy atom. The summed E-state index contributed by atoms with van der Waals surface area (Å²) < 4.78 is 36.1. The molecular weight excluding hydrogens is 255 g/mol. The zero-order valence-corrected chi connectivity index (χ0v) is 10.2. The van der Waals surface area contributed by atoms with E-state index in [2.05, 4.69) is 0 Å². The number of nitrogens with one attached hydrogen (secondary N) is 1. The molecule has 0 unspecified atom stereocenters. The number of hydrogen-bond acceptors (Lipinski definition) is 1. The third-order valence-electron chi connectivity index (χ3n) is 2.77. The van der Waals surface area contributed by atoms with Crippen LogP contribution in [0.2, 0.25) is 0 Å². The minimum Gasteiger partial charge on any atom is -0.344 e. The van der Waals surface area contributed by atoms with E-state index in [1.807, 2.05) is 36.5 Å². The Kier molecular flexibility index (Phi) is 3.46. The molecule has 100 valence electrons. The van der Waals surface area contributed by atoms with Crippen molar-refractivity contribution in [1.82, 2.24) is 5.32 Å². The van der Waals surface area contributed by atoms with Crippen molar-refractivity contribution in [2.24, 2.45) is 0 Å². The van der Waals surface area contributed by atoms with E-state index in [0.717, 1.165) is 16.3 Å². The molecule has 0 aliphatic carbocycles. The summed E-state index contributed by atoms with van der Waals surface area (Å²) in [6.07, 6.45) is -4.84. The van der Waals surface area contributed by atoms with E-state index in [1.165, 1.54) is 0 Å². The number of amides is 1. The van der Waals surface area contributed by atoms with Gasteiger partial charge < -0.3 is 5.32 Å². The van der Waals surface area contributed by atoms with Crippen LogP contribution in [0.3, 0.4) is 0 Å². The summed E-state index contributed by atoms with van der Waals surface area (Å²) in [5, 5.41) is 3.80. The highest BCUT2D eigenvalue weighted by Gasteiger charge is 2.38. The van der Waals surface area contributed by atoms with Gasteiger partial charge in [-0.3, -0.25) is 4.79 Å². The molecular formula is C14H12F3NO. The fraction of sp³-hybridized carbons (Fsp3) is 0.214. The summed E-state index contributed by atoms with van der Waals surface area (Å²) in [5.41, 5.74) is 1.75. The molecule has 0 aromatic heterocycles. The number of hydrogen-bond donors (Lipinski definition) is 1. The molecule has 0 saturated heterocycles. The molecule has 1 amide bonds. The van der Waals surface area contributed by atoms with Gasteiger partial charge in [0.25, 0.3) is 0 Å². The van der Waals surface area contributed by atoms with Gasteiger partial charge in [0, 0.05) is 6.54 Å². The zero-order chi connectivity index (χ0) is 14.0. The fourth-order valence-corrected chi connectivity index (χ4v) is 1.81. The summed E-state index contributed by atoms with van der Waals surface area (Å²) >= 11 is 0. The van der Waals surface area contributed by atoms with Crippen molar-refractivity contribution in [3.05, 3.63) is 47.5 Å². The lowest BCUT2D eigenvalue weighted by atomic mass is 10.0. The van der Waals surface area contributed by atoms with Gasteiger partial charge in [-0.15, -0.1) is 0 Å². The van der Waals surface area contributed by atoms with Crippen molar-refractivity contribution in [1.29, 1.82) is 0 Å². The minimum atomic E-state index is -4.84. The van der Waals surface area contributed by atoms with Crippen LogP contribution in [0, 0.1) is 6.92 Å². The quantitative estimate of drug-likeness (QED) is 0.888. The lowest BCUT2D eigenvalue weighted by molar-refractivity contribution is -0.173. The molecule has 2 nitrogen and oxygen atoms in total. The summed E-state index contributed by atoms with van der Waals surface area (Å²) in [6.45, 7) is 1.83. The first-order valence-corrected chi connectivity index (χ1v) is 5.70. The molecule has 0 atom stereocenters. The second-order valence-electron chi connectivity index (χ2n) is 4.37. The third kappa shape index (κ3) is 3.24. The van der Waals surface area contributed by atoms with Crippen molar-refractivity contribution in [3.63, 3.8) is 0 Å². The number of halogens is 3. The van der Waals surface area contributed by atoms with Crippen LogP contribution in [0.15, 0.2) is 36.4 Å². The SMILES string of the molecule is Cc1ccc2cc(CNC(=O)C(F)(F)F)ccc2c1. The second-order valence-corrected chi connectivity index (χ2v) is 4.37. The molecule has 2 aromatic rings. The highest BCUT2D eigenvalue weighted by Crippen LogP contribution is 2.18. The standard InChI is InChI=1S/C14H12F3NO/c1-9-2-4-12-7-10(3-5-11(12)6-9)8-18-13(19)14(15,16)17/h2-7H,8H2,1H3,(H,18,19). The van der Waals surface area contributed by atoms with Gasteiger partial charge in [-0.2, -0.15) is 13.2 Å². The average Bonchev–Trinajstić information content (AvgIpc) is 2.34. The molecule has 0 fully saturated rings. The lowest BCUT2D eigenvalue weighted by Gasteiger charge is -2.08.